The highest BCUT2D eigenvalue weighted by Gasteiger charge is 2.23. The van der Waals surface area contributed by atoms with Crippen LogP contribution >= 0.6 is 27.7 Å². The normalized spacial score (nSPS) is 13.2. The first-order chi connectivity index (χ1) is 8.34. The molecule has 0 spiro atoms. The number of carbonyl (C=O) groups excluding carboxylic acids is 1. The summed E-state index contributed by atoms with van der Waals surface area (Å²) in [4.78, 5) is 13.0. The van der Waals surface area contributed by atoms with Crippen LogP contribution < -0.4 is 5.32 Å². The number of halogens is 1. The highest BCUT2D eigenvalue weighted by atomic mass is 79.9. The average molecular weight is 332 g/mol. The van der Waals surface area contributed by atoms with Crippen molar-refractivity contribution in [1.29, 1.82) is 0 Å². The van der Waals surface area contributed by atoms with Crippen molar-refractivity contribution in [2.24, 2.45) is 0 Å². The van der Waals surface area contributed by atoms with Crippen LogP contribution in [0, 0.1) is 0 Å². The van der Waals surface area contributed by atoms with Gasteiger partial charge in [-0.25, -0.2) is 0 Å². The van der Waals surface area contributed by atoms with Gasteiger partial charge in [0.1, 0.15) is 0 Å². The molecule has 0 heterocycles. The first-order valence-corrected chi connectivity index (χ1v) is 7.36. The minimum Gasteiger partial charge on any atom is -0.394 e. The molecule has 0 aliphatic carbocycles. The molecule has 5 heteroatoms. The molecule has 3 nitrogen and oxygen atoms in total. The molecule has 18 heavy (non-hydrogen) atoms. The smallest absolute Gasteiger partial charge is 0.233 e. The number of benzene rings is 1. The maximum atomic E-state index is 11.9. The molecule has 0 aliphatic heterocycles. The van der Waals surface area contributed by atoms with Crippen molar-refractivity contribution < 1.29 is 9.90 Å². The molecule has 0 bridgehead atoms. The Morgan fingerprint density at radius 3 is 2.50 bits per heavy atom. The van der Waals surface area contributed by atoms with Crippen LogP contribution in [0.15, 0.2) is 33.6 Å². The third-order valence-corrected chi connectivity index (χ3v) is 3.99. The number of carbonyl (C=O) groups is 1. The van der Waals surface area contributed by atoms with Crippen molar-refractivity contribution in [2.75, 3.05) is 6.61 Å². The summed E-state index contributed by atoms with van der Waals surface area (Å²) in [5.41, 5.74) is -0.578. The Morgan fingerprint density at radius 2 is 2.00 bits per heavy atom. The second kappa shape index (κ2) is 6.59. The second-order valence-corrected chi connectivity index (χ2v) is 7.08. The lowest BCUT2D eigenvalue weighted by atomic mass is 10.1. The third-order valence-electron chi connectivity index (χ3n) is 2.35. The van der Waals surface area contributed by atoms with Gasteiger partial charge < -0.3 is 10.4 Å². The topological polar surface area (TPSA) is 49.3 Å². The van der Waals surface area contributed by atoms with Gasteiger partial charge >= 0.3 is 0 Å². The maximum Gasteiger partial charge on any atom is 0.233 e. The molecule has 0 saturated heterocycles. The van der Waals surface area contributed by atoms with Crippen LogP contribution in [-0.4, -0.2) is 28.4 Å². The summed E-state index contributed by atoms with van der Waals surface area (Å²) >= 11 is 4.87. The Bertz CT molecular complexity index is 406. The van der Waals surface area contributed by atoms with Crippen LogP contribution in [0.5, 0.6) is 0 Å². The summed E-state index contributed by atoms with van der Waals surface area (Å²) in [5, 5.41) is 11.7. The largest absolute Gasteiger partial charge is 0.394 e. The van der Waals surface area contributed by atoms with Gasteiger partial charge in [0.15, 0.2) is 0 Å². The fourth-order valence-corrected chi connectivity index (χ4v) is 2.38. The molecule has 1 aromatic rings. The summed E-state index contributed by atoms with van der Waals surface area (Å²) in [5.74, 6) is -0.0676. The molecular formula is C13H18BrNO2S. The lowest BCUT2D eigenvalue weighted by molar-refractivity contribution is -0.122. The number of aliphatic hydroxyl groups is 1. The van der Waals surface area contributed by atoms with Crippen molar-refractivity contribution in [1.82, 2.24) is 5.32 Å². The highest BCUT2D eigenvalue weighted by molar-refractivity contribution is 9.10. The van der Waals surface area contributed by atoms with E-state index in [1.807, 2.05) is 31.2 Å². The monoisotopic (exact) mass is 331 g/mol. The molecule has 1 amide bonds. The van der Waals surface area contributed by atoms with E-state index in [9.17, 15) is 4.79 Å². The number of hydrogen-bond acceptors (Lipinski definition) is 3. The van der Waals surface area contributed by atoms with Crippen LogP contribution in [0.3, 0.4) is 0 Å². The zero-order chi connectivity index (χ0) is 13.8. The van der Waals surface area contributed by atoms with E-state index in [-0.39, 0.29) is 17.8 Å². The number of aliphatic hydroxyl groups excluding tert-OH is 1. The third kappa shape index (κ3) is 5.00. The van der Waals surface area contributed by atoms with Crippen LogP contribution in [0.4, 0.5) is 0 Å². The van der Waals surface area contributed by atoms with E-state index in [1.165, 1.54) is 11.8 Å². The first kappa shape index (κ1) is 15.5. The lowest BCUT2D eigenvalue weighted by Crippen LogP contribution is -2.48. The van der Waals surface area contributed by atoms with Crippen molar-refractivity contribution in [2.45, 2.75) is 36.5 Å². The van der Waals surface area contributed by atoms with Crippen molar-refractivity contribution in [3.05, 3.63) is 28.7 Å². The molecule has 0 aliphatic rings. The molecule has 0 radical (unpaired) electrons. The SMILES string of the molecule is CC(Sc1ccc(Br)cc1)C(=O)NC(C)(C)CO. The van der Waals surface area contributed by atoms with E-state index in [4.69, 9.17) is 5.11 Å². The van der Waals surface area contributed by atoms with E-state index in [2.05, 4.69) is 21.2 Å². The van der Waals surface area contributed by atoms with Crippen LogP contribution in [0.2, 0.25) is 0 Å². The van der Waals surface area contributed by atoms with Crippen LogP contribution in [0.1, 0.15) is 20.8 Å². The molecule has 1 unspecified atom stereocenters. The number of nitrogens with one attached hydrogen (secondary N) is 1. The van der Waals surface area contributed by atoms with Gasteiger partial charge in [0.05, 0.1) is 17.4 Å². The summed E-state index contributed by atoms with van der Waals surface area (Å²) in [6, 6.07) is 7.83. The van der Waals surface area contributed by atoms with Gasteiger partial charge in [-0.3, -0.25) is 4.79 Å². The van der Waals surface area contributed by atoms with Gasteiger partial charge in [-0.05, 0) is 45.0 Å². The zero-order valence-electron chi connectivity index (χ0n) is 10.7. The maximum absolute atomic E-state index is 11.9. The molecule has 2 N–H and O–H groups in total. The van der Waals surface area contributed by atoms with Crippen molar-refractivity contribution in [3.63, 3.8) is 0 Å². The molecule has 0 fully saturated rings. The Balaban J connectivity index is 2.57. The number of amides is 1. The van der Waals surface area contributed by atoms with Gasteiger partial charge in [-0.1, -0.05) is 15.9 Å². The van der Waals surface area contributed by atoms with Gasteiger partial charge in [0, 0.05) is 9.37 Å². The van der Waals surface area contributed by atoms with E-state index < -0.39 is 5.54 Å². The molecular weight excluding hydrogens is 314 g/mol. The predicted molar refractivity (Wildman–Crippen MR) is 78.8 cm³/mol. The van der Waals surface area contributed by atoms with Crippen LogP contribution in [-0.2, 0) is 4.79 Å². The standard InChI is InChI=1S/C13H18BrNO2S/c1-9(12(17)15-13(2,3)8-16)18-11-6-4-10(14)5-7-11/h4-7,9,16H,8H2,1-3H3,(H,15,17). The Morgan fingerprint density at radius 1 is 1.44 bits per heavy atom. The molecule has 1 rings (SSSR count). The Kier molecular flexibility index (Phi) is 5.69. The Labute approximate surface area is 120 Å². The molecule has 1 atom stereocenters. The van der Waals surface area contributed by atoms with Crippen molar-refractivity contribution >= 4 is 33.6 Å². The lowest BCUT2D eigenvalue weighted by Gasteiger charge is -2.25. The fourth-order valence-electron chi connectivity index (χ4n) is 1.25. The molecule has 0 aromatic heterocycles. The first-order valence-electron chi connectivity index (χ1n) is 5.69. The molecule has 100 valence electrons. The summed E-state index contributed by atoms with van der Waals surface area (Å²) < 4.78 is 1.02. The van der Waals surface area contributed by atoms with E-state index in [1.54, 1.807) is 13.8 Å². The summed E-state index contributed by atoms with van der Waals surface area (Å²) in [6.45, 7) is 5.37. The minimum atomic E-state index is -0.578. The molecule has 1 aromatic carbocycles. The van der Waals surface area contributed by atoms with E-state index >= 15 is 0 Å². The predicted octanol–water partition coefficient (Wildman–Crippen LogP) is 2.82. The Hall–Kier alpha value is -0.520. The van der Waals surface area contributed by atoms with Gasteiger partial charge in [0.25, 0.3) is 0 Å². The number of rotatable bonds is 5. The number of hydrogen-bond donors (Lipinski definition) is 2. The summed E-state index contributed by atoms with van der Waals surface area (Å²) in [6.07, 6.45) is 0. The van der Waals surface area contributed by atoms with Gasteiger partial charge in [0.2, 0.25) is 5.91 Å². The van der Waals surface area contributed by atoms with E-state index in [0.717, 1.165) is 9.37 Å². The second-order valence-electron chi connectivity index (χ2n) is 4.75. The minimum absolute atomic E-state index is 0.0676. The summed E-state index contributed by atoms with van der Waals surface area (Å²) in [7, 11) is 0. The van der Waals surface area contributed by atoms with Gasteiger partial charge in [-0.2, -0.15) is 0 Å². The van der Waals surface area contributed by atoms with E-state index in [0.29, 0.717) is 0 Å². The van der Waals surface area contributed by atoms with Crippen molar-refractivity contribution in [3.8, 4) is 0 Å². The van der Waals surface area contributed by atoms with Gasteiger partial charge in [-0.15, -0.1) is 11.8 Å². The highest BCUT2D eigenvalue weighted by Crippen LogP contribution is 2.25. The van der Waals surface area contributed by atoms with Crippen LogP contribution in [0.25, 0.3) is 0 Å². The molecule has 0 saturated carbocycles. The zero-order valence-corrected chi connectivity index (χ0v) is 13.1. The quantitative estimate of drug-likeness (QED) is 0.815. The average Bonchev–Trinajstić information content (AvgIpc) is 2.31. The number of thioether (sulfide) groups is 1. The fraction of sp³-hybridized carbons (Fsp3) is 0.462.